The molecule has 2 atom stereocenters. The highest BCUT2D eigenvalue weighted by molar-refractivity contribution is 7.99. The number of aromatic nitrogens is 3. The van der Waals surface area contributed by atoms with Crippen LogP contribution >= 0.6 is 11.8 Å². The second-order valence-electron chi connectivity index (χ2n) is 7.93. The molecule has 0 spiro atoms. The fourth-order valence-electron chi connectivity index (χ4n) is 4.02. The lowest BCUT2D eigenvalue weighted by molar-refractivity contribution is -0.132. The number of hydrogen-bond donors (Lipinski definition) is 1. The van der Waals surface area contributed by atoms with Crippen LogP contribution in [0.4, 0.5) is 4.39 Å². The van der Waals surface area contributed by atoms with Gasteiger partial charge in [0.15, 0.2) is 11.0 Å². The third-order valence-electron chi connectivity index (χ3n) is 5.73. The molecular weight excluding hydrogens is 421 g/mol. The van der Waals surface area contributed by atoms with E-state index in [0.29, 0.717) is 30.6 Å². The molecule has 10 heteroatoms. The molecule has 0 bridgehead atoms. The number of nitrogens with zero attached hydrogens (tertiary/aromatic N) is 4. The van der Waals surface area contributed by atoms with Crippen molar-refractivity contribution in [3.63, 3.8) is 0 Å². The summed E-state index contributed by atoms with van der Waals surface area (Å²) < 4.78 is 21.1. The maximum absolute atomic E-state index is 13.4. The number of ether oxygens (including phenoxy) is 1. The molecule has 2 aliphatic rings. The van der Waals surface area contributed by atoms with Crippen molar-refractivity contribution in [1.82, 2.24) is 19.7 Å². The van der Waals surface area contributed by atoms with Crippen LogP contribution in [0.2, 0.25) is 0 Å². The van der Waals surface area contributed by atoms with Crippen LogP contribution in [0.5, 0.6) is 0 Å². The first-order valence-electron chi connectivity index (χ1n) is 10.5. The molecule has 1 aromatic heterocycles. The zero-order chi connectivity index (χ0) is 21.8. The van der Waals surface area contributed by atoms with Crippen LogP contribution in [-0.2, 0) is 20.9 Å². The third kappa shape index (κ3) is 5.24. The van der Waals surface area contributed by atoms with Crippen LogP contribution in [0.25, 0.3) is 11.4 Å². The highest BCUT2D eigenvalue weighted by atomic mass is 32.2. The number of piperidine rings is 1. The molecule has 3 heterocycles. The monoisotopic (exact) mass is 447 g/mol. The molecule has 2 aromatic rings. The van der Waals surface area contributed by atoms with Crippen molar-refractivity contribution in [2.75, 3.05) is 25.4 Å². The summed E-state index contributed by atoms with van der Waals surface area (Å²) in [6.07, 6.45) is 3.52. The van der Waals surface area contributed by atoms with E-state index in [9.17, 15) is 14.0 Å². The number of carbonyl (C=O) groups excluding carboxylic acids is 2. The maximum atomic E-state index is 13.4. The first-order chi connectivity index (χ1) is 15.0. The maximum Gasteiger partial charge on any atom is 0.233 e. The number of amides is 2. The Morgan fingerprint density at radius 2 is 2.00 bits per heavy atom. The van der Waals surface area contributed by atoms with Crippen LogP contribution in [0.15, 0.2) is 29.4 Å². The number of rotatable bonds is 7. The van der Waals surface area contributed by atoms with E-state index in [2.05, 4.69) is 10.2 Å². The van der Waals surface area contributed by atoms with Crippen molar-refractivity contribution in [3.05, 3.63) is 30.1 Å². The molecule has 0 aliphatic carbocycles. The lowest BCUT2D eigenvalue weighted by atomic mass is 9.97. The van der Waals surface area contributed by atoms with Gasteiger partial charge in [-0.15, -0.1) is 10.2 Å². The van der Waals surface area contributed by atoms with E-state index in [1.165, 1.54) is 23.9 Å². The van der Waals surface area contributed by atoms with E-state index in [1.54, 1.807) is 17.0 Å². The molecule has 166 valence electrons. The van der Waals surface area contributed by atoms with Gasteiger partial charge in [-0.3, -0.25) is 14.2 Å². The van der Waals surface area contributed by atoms with Gasteiger partial charge in [0.1, 0.15) is 5.82 Å². The molecule has 2 amide bonds. The van der Waals surface area contributed by atoms with Gasteiger partial charge >= 0.3 is 0 Å². The number of nitrogens with two attached hydrogens (primary N) is 1. The molecule has 0 radical (unpaired) electrons. The number of thioether (sulfide) groups is 1. The summed E-state index contributed by atoms with van der Waals surface area (Å²) in [5, 5.41) is 9.23. The van der Waals surface area contributed by atoms with Crippen molar-refractivity contribution >= 4 is 23.6 Å². The fourth-order valence-corrected chi connectivity index (χ4v) is 4.87. The Morgan fingerprint density at radius 1 is 1.19 bits per heavy atom. The summed E-state index contributed by atoms with van der Waals surface area (Å²) in [5.74, 6) is -0.187. The van der Waals surface area contributed by atoms with Gasteiger partial charge in [-0.1, -0.05) is 11.8 Å². The van der Waals surface area contributed by atoms with E-state index in [-0.39, 0.29) is 35.4 Å². The van der Waals surface area contributed by atoms with E-state index in [1.807, 2.05) is 4.57 Å². The molecule has 2 fully saturated rings. The Bertz CT molecular complexity index is 930. The number of carbonyl (C=O) groups is 2. The zero-order valence-corrected chi connectivity index (χ0v) is 18.0. The summed E-state index contributed by atoms with van der Waals surface area (Å²) in [4.78, 5) is 25.9. The van der Waals surface area contributed by atoms with Crippen LogP contribution < -0.4 is 5.73 Å². The van der Waals surface area contributed by atoms with Gasteiger partial charge in [0.2, 0.25) is 11.8 Å². The highest BCUT2D eigenvalue weighted by Crippen LogP contribution is 2.27. The number of primary amides is 1. The van der Waals surface area contributed by atoms with Crippen molar-refractivity contribution in [2.24, 2.45) is 11.7 Å². The molecule has 8 nitrogen and oxygen atoms in total. The zero-order valence-electron chi connectivity index (χ0n) is 17.2. The summed E-state index contributed by atoms with van der Waals surface area (Å²) >= 11 is 1.31. The van der Waals surface area contributed by atoms with Crippen LogP contribution in [0.3, 0.4) is 0 Å². The predicted molar refractivity (Wildman–Crippen MR) is 114 cm³/mol. The SMILES string of the molecule is NC(=O)[C@@H]1CCCN(C(=O)CSc2nnc(-c3ccc(F)cc3)n2C[C@@H]2CCCO2)C1. The summed E-state index contributed by atoms with van der Waals surface area (Å²) in [5.41, 5.74) is 6.18. The smallest absolute Gasteiger partial charge is 0.233 e. The van der Waals surface area contributed by atoms with E-state index >= 15 is 0 Å². The summed E-state index contributed by atoms with van der Waals surface area (Å²) in [6, 6.07) is 6.12. The largest absolute Gasteiger partial charge is 0.376 e. The number of likely N-dealkylation sites (tertiary alicyclic amines) is 1. The Labute approximate surface area is 184 Å². The van der Waals surface area contributed by atoms with Gasteiger partial charge in [0, 0.05) is 25.3 Å². The van der Waals surface area contributed by atoms with Gasteiger partial charge in [-0.25, -0.2) is 4.39 Å². The topological polar surface area (TPSA) is 103 Å². The quantitative estimate of drug-likeness (QED) is 0.652. The molecule has 2 aliphatic heterocycles. The van der Waals surface area contributed by atoms with E-state index in [4.69, 9.17) is 10.5 Å². The van der Waals surface area contributed by atoms with E-state index < -0.39 is 0 Å². The van der Waals surface area contributed by atoms with Crippen LogP contribution in [0, 0.1) is 11.7 Å². The van der Waals surface area contributed by atoms with Gasteiger partial charge in [-0.2, -0.15) is 0 Å². The fraction of sp³-hybridized carbons (Fsp3) is 0.524. The van der Waals surface area contributed by atoms with Crippen LogP contribution in [0.1, 0.15) is 25.7 Å². The molecule has 31 heavy (non-hydrogen) atoms. The summed E-state index contributed by atoms with van der Waals surface area (Å²) in [6.45, 7) is 2.31. The average molecular weight is 448 g/mol. The second kappa shape index (κ2) is 9.78. The predicted octanol–water partition coefficient (Wildman–Crippen LogP) is 2.08. The average Bonchev–Trinajstić information content (AvgIpc) is 3.43. The minimum atomic E-state index is -0.356. The first-order valence-corrected chi connectivity index (χ1v) is 11.5. The van der Waals surface area contributed by atoms with Gasteiger partial charge in [-0.05, 0) is 49.9 Å². The van der Waals surface area contributed by atoms with Gasteiger partial charge in [0.25, 0.3) is 0 Å². The molecule has 0 unspecified atom stereocenters. The van der Waals surface area contributed by atoms with E-state index in [0.717, 1.165) is 37.9 Å². The Morgan fingerprint density at radius 3 is 2.71 bits per heavy atom. The van der Waals surface area contributed by atoms with Crippen molar-refractivity contribution < 1.29 is 18.7 Å². The standard InChI is InChI=1S/C21H26FN5O3S/c22-16-7-5-14(6-8-16)20-24-25-21(27(20)12-17-4-2-10-30-17)31-13-18(28)26-9-1-3-15(11-26)19(23)29/h5-8,15,17H,1-4,9-13H2,(H2,23,29)/t15-,17+/m1/s1. The second-order valence-corrected chi connectivity index (χ2v) is 8.87. The van der Waals surface area contributed by atoms with Gasteiger partial charge < -0.3 is 15.4 Å². The van der Waals surface area contributed by atoms with Crippen molar-refractivity contribution in [3.8, 4) is 11.4 Å². The number of benzene rings is 1. The molecule has 2 saturated heterocycles. The summed E-state index contributed by atoms with van der Waals surface area (Å²) in [7, 11) is 0. The van der Waals surface area contributed by atoms with Crippen molar-refractivity contribution in [1.29, 1.82) is 0 Å². The lowest BCUT2D eigenvalue weighted by Crippen LogP contribution is -2.44. The third-order valence-corrected chi connectivity index (χ3v) is 6.68. The molecule has 0 saturated carbocycles. The number of halogens is 1. The number of hydrogen-bond acceptors (Lipinski definition) is 6. The Hall–Kier alpha value is -2.46. The molecular formula is C21H26FN5O3S. The molecule has 4 rings (SSSR count). The van der Waals surface area contributed by atoms with Gasteiger partial charge in [0.05, 0.1) is 24.3 Å². The first kappa shape index (κ1) is 21.8. The molecule has 1 aromatic carbocycles. The Balaban J connectivity index is 1.48. The lowest BCUT2D eigenvalue weighted by Gasteiger charge is -2.31. The highest BCUT2D eigenvalue weighted by Gasteiger charge is 2.28. The minimum Gasteiger partial charge on any atom is -0.376 e. The van der Waals surface area contributed by atoms with Crippen molar-refractivity contribution in [2.45, 2.75) is 43.5 Å². The van der Waals surface area contributed by atoms with Crippen LogP contribution in [-0.4, -0.2) is 63.0 Å². The minimum absolute atomic E-state index is 0.0500. The normalized spacial score (nSPS) is 21.4. The molecule has 2 N–H and O–H groups in total. The Kier molecular flexibility index (Phi) is 6.86.